The molecule has 1 aromatic rings. The van der Waals surface area contributed by atoms with Crippen LogP contribution in [0.25, 0.3) is 0 Å². The average Bonchev–Trinajstić information content (AvgIpc) is 2.06. The van der Waals surface area contributed by atoms with Crippen LogP contribution in [0.5, 0.6) is 0 Å². The van der Waals surface area contributed by atoms with Gasteiger partial charge in [0.25, 0.3) is 0 Å². The minimum Gasteiger partial charge on any atom is -0.393 e. The van der Waals surface area contributed by atoms with Gasteiger partial charge in [0.15, 0.2) is 0 Å². The number of benzene rings is 1. The van der Waals surface area contributed by atoms with Crippen molar-refractivity contribution in [1.82, 2.24) is 0 Å². The molecule has 13 heavy (non-hydrogen) atoms. The first-order valence-corrected chi connectivity index (χ1v) is 4.14. The predicted molar refractivity (Wildman–Crippen MR) is 46.5 cm³/mol. The highest BCUT2D eigenvalue weighted by atomic mass is 19.1. The highest BCUT2D eigenvalue weighted by Crippen LogP contribution is 2.16. The lowest BCUT2D eigenvalue weighted by Crippen LogP contribution is -2.07. The van der Waals surface area contributed by atoms with Crippen molar-refractivity contribution in [3.05, 3.63) is 34.9 Å². The standard InChI is InChI=1S/C10H12F2O/c1-6(13)5-8-3-4-9(11)7(2)10(8)12/h3-4,6,13H,5H2,1-2H3. The molecule has 1 atom stereocenters. The Labute approximate surface area is 76.0 Å². The Morgan fingerprint density at radius 3 is 2.54 bits per heavy atom. The van der Waals surface area contributed by atoms with E-state index >= 15 is 0 Å². The van der Waals surface area contributed by atoms with Crippen LogP contribution in [0.4, 0.5) is 8.78 Å². The molecule has 1 aromatic carbocycles. The highest BCUT2D eigenvalue weighted by molar-refractivity contribution is 5.26. The number of aliphatic hydroxyl groups is 1. The number of hydrogen-bond donors (Lipinski definition) is 1. The molecule has 0 aliphatic rings. The van der Waals surface area contributed by atoms with Gasteiger partial charge < -0.3 is 5.11 Å². The minimum atomic E-state index is -0.612. The fourth-order valence-corrected chi connectivity index (χ4v) is 1.19. The van der Waals surface area contributed by atoms with E-state index in [-0.39, 0.29) is 12.0 Å². The van der Waals surface area contributed by atoms with E-state index in [1.807, 2.05) is 0 Å². The Balaban J connectivity index is 3.04. The summed E-state index contributed by atoms with van der Waals surface area (Å²) in [5.41, 5.74) is 0.368. The predicted octanol–water partition coefficient (Wildman–Crippen LogP) is 2.20. The molecule has 0 bridgehead atoms. The fraction of sp³-hybridized carbons (Fsp3) is 0.400. The van der Waals surface area contributed by atoms with Gasteiger partial charge in [0.05, 0.1) is 6.10 Å². The van der Waals surface area contributed by atoms with Crippen LogP contribution in [0.1, 0.15) is 18.1 Å². The van der Waals surface area contributed by atoms with Crippen molar-refractivity contribution < 1.29 is 13.9 Å². The van der Waals surface area contributed by atoms with Crippen LogP contribution in [0, 0.1) is 18.6 Å². The summed E-state index contributed by atoms with van der Waals surface area (Å²) in [6.07, 6.45) is -0.396. The summed E-state index contributed by atoms with van der Waals surface area (Å²) in [4.78, 5) is 0. The van der Waals surface area contributed by atoms with Crippen LogP contribution < -0.4 is 0 Å². The van der Waals surface area contributed by atoms with Gasteiger partial charge in [-0.1, -0.05) is 6.07 Å². The van der Waals surface area contributed by atoms with Crippen molar-refractivity contribution in [3.8, 4) is 0 Å². The maximum atomic E-state index is 13.3. The van der Waals surface area contributed by atoms with E-state index < -0.39 is 17.7 Å². The largest absolute Gasteiger partial charge is 0.393 e. The molecule has 0 spiro atoms. The topological polar surface area (TPSA) is 20.2 Å². The van der Waals surface area contributed by atoms with Gasteiger partial charge in [-0.05, 0) is 25.5 Å². The van der Waals surface area contributed by atoms with E-state index in [1.54, 1.807) is 6.92 Å². The molecule has 1 N–H and O–H groups in total. The zero-order chi connectivity index (χ0) is 10.0. The normalized spacial score (nSPS) is 13.0. The Bertz CT molecular complexity index is 308. The lowest BCUT2D eigenvalue weighted by Gasteiger charge is -2.07. The molecule has 3 heteroatoms. The third kappa shape index (κ3) is 2.25. The van der Waals surface area contributed by atoms with Crippen molar-refractivity contribution in [2.45, 2.75) is 26.4 Å². The van der Waals surface area contributed by atoms with E-state index in [0.29, 0.717) is 5.56 Å². The Kier molecular flexibility index (Phi) is 2.98. The monoisotopic (exact) mass is 186 g/mol. The van der Waals surface area contributed by atoms with Crippen molar-refractivity contribution in [3.63, 3.8) is 0 Å². The second-order valence-corrected chi connectivity index (χ2v) is 3.20. The quantitative estimate of drug-likeness (QED) is 0.750. The molecule has 1 unspecified atom stereocenters. The molecule has 1 nitrogen and oxygen atoms in total. The van der Waals surface area contributed by atoms with E-state index in [4.69, 9.17) is 5.11 Å². The summed E-state index contributed by atoms with van der Waals surface area (Å²) < 4.78 is 26.1. The summed E-state index contributed by atoms with van der Waals surface area (Å²) in [7, 11) is 0. The van der Waals surface area contributed by atoms with Crippen LogP contribution in [0.2, 0.25) is 0 Å². The Morgan fingerprint density at radius 2 is 2.00 bits per heavy atom. The summed E-state index contributed by atoms with van der Waals surface area (Å²) in [5.74, 6) is -1.10. The molecular formula is C10H12F2O. The number of halogens is 2. The molecule has 0 aliphatic heterocycles. The molecule has 1 rings (SSSR count). The van der Waals surface area contributed by atoms with Gasteiger partial charge in [0, 0.05) is 12.0 Å². The van der Waals surface area contributed by atoms with Crippen LogP contribution in [-0.2, 0) is 6.42 Å². The summed E-state index contributed by atoms with van der Waals surface area (Å²) in [6.45, 7) is 2.95. The van der Waals surface area contributed by atoms with Gasteiger partial charge in [-0.3, -0.25) is 0 Å². The van der Waals surface area contributed by atoms with Crippen molar-refractivity contribution in [2.75, 3.05) is 0 Å². The van der Waals surface area contributed by atoms with Crippen molar-refractivity contribution in [2.24, 2.45) is 0 Å². The van der Waals surface area contributed by atoms with E-state index in [9.17, 15) is 8.78 Å². The average molecular weight is 186 g/mol. The van der Waals surface area contributed by atoms with Gasteiger partial charge in [-0.15, -0.1) is 0 Å². The maximum absolute atomic E-state index is 13.3. The minimum absolute atomic E-state index is 0.0122. The van der Waals surface area contributed by atoms with E-state index in [1.165, 1.54) is 19.1 Å². The van der Waals surface area contributed by atoms with E-state index in [2.05, 4.69) is 0 Å². The second kappa shape index (κ2) is 3.83. The molecule has 0 amide bonds. The second-order valence-electron chi connectivity index (χ2n) is 3.20. The van der Waals surface area contributed by atoms with Crippen LogP contribution in [0.15, 0.2) is 12.1 Å². The first-order chi connectivity index (χ1) is 6.02. The zero-order valence-corrected chi connectivity index (χ0v) is 7.64. The molecule has 0 radical (unpaired) electrons. The van der Waals surface area contributed by atoms with Gasteiger partial charge in [0.1, 0.15) is 11.6 Å². The van der Waals surface area contributed by atoms with Gasteiger partial charge in [0.2, 0.25) is 0 Å². The lowest BCUT2D eigenvalue weighted by molar-refractivity contribution is 0.194. The summed E-state index contributed by atoms with van der Waals surface area (Å²) in [5, 5.41) is 9.03. The number of aliphatic hydroxyl groups excluding tert-OH is 1. The smallest absolute Gasteiger partial charge is 0.132 e. The first-order valence-electron chi connectivity index (χ1n) is 4.14. The number of rotatable bonds is 2. The van der Waals surface area contributed by atoms with Gasteiger partial charge in [-0.2, -0.15) is 0 Å². The molecule has 0 aromatic heterocycles. The highest BCUT2D eigenvalue weighted by Gasteiger charge is 2.10. The van der Waals surface area contributed by atoms with Crippen molar-refractivity contribution in [1.29, 1.82) is 0 Å². The van der Waals surface area contributed by atoms with Crippen LogP contribution in [-0.4, -0.2) is 11.2 Å². The van der Waals surface area contributed by atoms with Crippen LogP contribution in [0.3, 0.4) is 0 Å². The molecule has 0 saturated heterocycles. The summed E-state index contributed by atoms with van der Waals surface area (Å²) >= 11 is 0. The molecule has 0 saturated carbocycles. The Hall–Kier alpha value is -0.960. The SMILES string of the molecule is Cc1c(F)ccc(CC(C)O)c1F. The fourth-order valence-electron chi connectivity index (χ4n) is 1.19. The third-order valence-electron chi connectivity index (χ3n) is 1.92. The van der Waals surface area contributed by atoms with Crippen molar-refractivity contribution >= 4 is 0 Å². The van der Waals surface area contributed by atoms with E-state index in [0.717, 1.165) is 0 Å². The molecule has 0 fully saturated rings. The van der Waals surface area contributed by atoms with Gasteiger partial charge >= 0.3 is 0 Å². The maximum Gasteiger partial charge on any atom is 0.132 e. The zero-order valence-electron chi connectivity index (χ0n) is 7.64. The third-order valence-corrected chi connectivity index (χ3v) is 1.92. The van der Waals surface area contributed by atoms with Crippen LogP contribution >= 0.6 is 0 Å². The van der Waals surface area contributed by atoms with Gasteiger partial charge in [-0.25, -0.2) is 8.78 Å². The Morgan fingerprint density at radius 1 is 1.38 bits per heavy atom. The number of hydrogen-bond acceptors (Lipinski definition) is 1. The molecular weight excluding hydrogens is 174 g/mol. The molecule has 0 heterocycles. The molecule has 72 valence electrons. The lowest BCUT2D eigenvalue weighted by atomic mass is 10.0. The summed E-state index contributed by atoms with van der Waals surface area (Å²) in [6, 6.07) is 2.58. The molecule has 0 aliphatic carbocycles. The first kappa shape index (κ1) is 10.1.